The maximum absolute atomic E-state index is 14.3. The molecule has 0 saturated carbocycles. The van der Waals surface area contributed by atoms with Gasteiger partial charge in [-0.15, -0.1) is 0 Å². The van der Waals surface area contributed by atoms with E-state index >= 15 is 0 Å². The van der Waals surface area contributed by atoms with Gasteiger partial charge in [0.25, 0.3) is 5.91 Å². The first kappa shape index (κ1) is 23.6. The number of hydrogen-bond donors (Lipinski definition) is 4. The summed E-state index contributed by atoms with van der Waals surface area (Å²) in [5.41, 5.74) is 2.86. The van der Waals surface area contributed by atoms with Crippen LogP contribution in [0.25, 0.3) is 11.6 Å². The molecule has 0 radical (unpaired) electrons. The number of nitrogens with one attached hydrogen (secondary N) is 2. The molecule has 4 N–H and O–H groups in total. The standard InChI is InChI=1S/C18H16FN3O2.C2HF3O2/c1-10(23)4-3-5-12-14(19)6-7-15-17(12)13(18(24)22-15)8-16-11(2)20-9-21-16;3-2(4,5)1(6)7/h6-10,23H,4H2,1-2H3,(H,20,21)(H,22,24);(H,6,7)/b13-8-;. The van der Waals surface area contributed by atoms with Crippen LogP contribution in [0.3, 0.4) is 0 Å². The average molecular weight is 439 g/mol. The summed E-state index contributed by atoms with van der Waals surface area (Å²) in [6.07, 6.45) is -2.28. The number of carbonyl (C=O) groups is 2. The van der Waals surface area contributed by atoms with Gasteiger partial charge in [-0.3, -0.25) is 4.79 Å². The number of H-pyrrole nitrogens is 1. The molecular weight excluding hydrogens is 422 g/mol. The van der Waals surface area contributed by atoms with E-state index in [1.54, 1.807) is 13.0 Å². The van der Waals surface area contributed by atoms with Gasteiger partial charge in [-0.1, -0.05) is 11.8 Å². The topological polar surface area (TPSA) is 115 Å². The Kier molecular flexibility index (Phi) is 7.20. The van der Waals surface area contributed by atoms with E-state index in [4.69, 9.17) is 9.90 Å². The Morgan fingerprint density at radius 3 is 2.52 bits per heavy atom. The van der Waals surface area contributed by atoms with Crippen molar-refractivity contribution < 1.29 is 37.4 Å². The lowest BCUT2D eigenvalue weighted by Gasteiger charge is -2.04. The summed E-state index contributed by atoms with van der Waals surface area (Å²) in [6.45, 7) is 3.42. The third-order valence-corrected chi connectivity index (χ3v) is 3.93. The first-order valence-electron chi connectivity index (χ1n) is 8.74. The highest BCUT2D eigenvalue weighted by molar-refractivity contribution is 6.35. The number of benzene rings is 1. The van der Waals surface area contributed by atoms with E-state index in [9.17, 15) is 27.5 Å². The van der Waals surface area contributed by atoms with Crippen molar-refractivity contribution in [3.63, 3.8) is 0 Å². The molecule has 0 bridgehead atoms. The molecule has 11 heteroatoms. The average Bonchev–Trinajstić information content (AvgIpc) is 3.20. The highest BCUT2D eigenvalue weighted by atomic mass is 19.4. The second-order valence-corrected chi connectivity index (χ2v) is 6.42. The molecule has 1 unspecified atom stereocenters. The second kappa shape index (κ2) is 9.44. The van der Waals surface area contributed by atoms with Crippen molar-refractivity contribution >= 4 is 29.2 Å². The minimum Gasteiger partial charge on any atom is -0.475 e. The number of carbonyl (C=O) groups excluding carboxylic acids is 1. The van der Waals surface area contributed by atoms with E-state index in [0.717, 1.165) is 5.69 Å². The number of alkyl halides is 3. The molecule has 31 heavy (non-hydrogen) atoms. The highest BCUT2D eigenvalue weighted by Crippen LogP contribution is 2.36. The summed E-state index contributed by atoms with van der Waals surface area (Å²) in [6, 6.07) is 2.79. The second-order valence-electron chi connectivity index (χ2n) is 6.42. The molecule has 0 fully saturated rings. The van der Waals surface area contributed by atoms with Gasteiger partial charge in [0, 0.05) is 12.0 Å². The Bertz CT molecular complexity index is 1090. The molecule has 2 heterocycles. The van der Waals surface area contributed by atoms with Crippen LogP contribution in [0.4, 0.5) is 23.2 Å². The molecule has 0 spiro atoms. The normalized spacial score (nSPS) is 14.7. The summed E-state index contributed by atoms with van der Waals surface area (Å²) in [5.74, 6) is 1.92. The molecule has 1 aromatic carbocycles. The molecular formula is C20H17F4N3O4. The first-order chi connectivity index (χ1) is 14.4. The van der Waals surface area contributed by atoms with Gasteiger partial charge < -0.3 is 20.5 Å². The Balaban J connectivity index is 0.000000423. The van der Waals surface area contributed by atoms with Crippen LogP contribution in [0.1, 0.15) is 35.9 Å². The van der Waals surface area contributed by atoms with E-state index in [1.165, 1.54) is 18.5 Å². The van der Waals surface area contributed by atoms with Crippen molar-refractivity contribution in [2.24, 2.45) is 0 Å². The number of halogens is 4. The molecule has 1 atom stereocenters. The number of aromatic nitrogens is 2. The number of rotatable bonds is 2. The van der Waals surface area contributed by atoms with E-state index in [2.05, 4.69) is 27.1 Å². The van der Waals surface area contributed by atoms with Crippen molar-refractivity contribution in [2.45, 2.75) is 32.5 Å². The van der Waals surface area contributed by atoms with Crippen LogP contribution in [0.15, 0.2) is 18.5 Å². The van der Waals surface area contributed by atoms with Crippen LogP contribution < -0.4 is 5.32 Å². The zero-order chi connectivity index (χ0) is 23.3. The van der Waals surface area contributed by atoms with Crippen molar-refractivity contribution in [1.29, 1.82) is 0 Å². The van der Waals surface area contributed by atoms with Crippen molar-refractivity contribution in [1.82, 2.24) is 9.97 Å². The van der Waals surface area contributed by atoms with Gasteiger partial charge in [0.15, 0.2) is 0 Å². The zero-order valence-electron chi connectivity index (χ0n) is 16.3. The molecule has 7 nitrogen and oxygen atoms in total. The number of aromatic amines is 1. The molecule has 1 aromatic heterocycles. The fourth-order valence-corrected chi connectivity index (χ4v) is 2.47. The Morgan fingerprint density at radius 2 is 2.00 bits per heavy atom. The van der Waals surface area contributed by atoms with E-state index < -0.39 is 24.1 Å². The van der Waals surface area contributed by atoms with E-state index in [-0.39, 0.29) is 17.9 Å². The number of anilines is 1. The molecule has 0 aliphatic carbocycles. The summed E-state index contributed by atoms with van der Waals surface area (Å²) < 4.78 is 46.0. The first-order valence-corrected chi connectivity index (χ1v) is 8.74. The van der Waals surface area contributed by atoms with Crippen LogP contribution in [0.5, 0.6) is 0 Å². The van der Waals surface area contributed by atoms with Crippen LogP contribution in [-0.2, 0) is 9.59 Å². The summed E-state index contributed by atoms with van der Waals surface area (Å²) in [7, 11) is 0. The van der Waals surface area contributed by atoms with Crippen LogP contribution in [0.2, 0.25) is 0 Å². The third-order valence-electron chi connectivity index (χ3n) is 3.93. The summed E-state index contributed by atoms with van der Waals surface area (Å²) in [4.78, 5) is 28.2. The molecule has 0 saturated heterocycles. The fourth-order valence-electron chi connectivity index (χ4n) is 2.47. The zero-order valence-corrected chi connectivity index (χ0v) is 16.3. The molecule has 1 amide bonds. The van der Waals surface area contributed by atoms with Crippen LogP contribution in [-0.4, -0.2) is 44.3 Å². The number of imidazole rings is 1. The summed E-state index contributed by atoms with van der Waals surface area (Å²) >= 11 is 0. The molecule has 3 rings (SSSR count). The Labute approximate surface area is 173 Å². The quantitative estimate of drug-likeness (QED) is 0.326. The van der Waals surface area contributed by atoms with Crippen LogP contribution in [0, 0.1) is 24.6 Å². The minimum absolute atomic E-state index is 0.148. The van der Waals surface area contributed by atoms with E-state index in [1.807, 2.05) is 6.92 Å². The van der Waals surface area contributed by atoms with Crippen LogP contribution >= 0.6 is 0 Å². The lowest BCUT2D eigenvalue weighted by atomic mass is 9.99. The van der Waals surface area contributed by atoms with Gasteiger partial charge in [-0.2, -0.15) is 13.2 Å². The SMILES string of the molecule is Cc1nc[nH]c1/C=C1\C(=O)Nc2ccc(F)c(C#CCC(C)O)c21.O=C(O)C(F)(F)F. The van der Waals surface area contributed by atoms with Gasteiger partial charge in [0.1, 0.15) is 5.82 Å². The molecule has 2 aromatic rings. The van der Waals surface area contributed by atoms with E-state index in [0.29, 0.717) is 22.5 Å². The highest BCUT2D eigenvalue weighted by Gasteiger charge is 2.38. The predicted molar refractivity (Wildman–Crippen MR) is 103 cm³/mol. The summed E-state index contributed by atoms with van der Waals surface area (Å²) in [5, 5.41) is 19.1. The Morgan fingerprint density at radius 1 is 1.35 bits per heavy atom. The number of aryl methyl sites for hydroxylation is 1. The Hall–Kier alpha value is -3.65. The number of aliphatic carboxylic acids is 1. The van der Waals surface area contributed by atoms with Gasteiger partial charge in [0.05, 0.1) is 40.6 Å². The number of fused-ring (bicyclic) bond motifs is 1. The number of nitrogens with zero attached hydrogens (tertiary/aromatic N) is 1. The number of carboxylic acids is 1. The molecule has 164 valence electrons. The van der Waals surface area contributed by atoms with Gasteiger partial charge in [-0.25, -0.2) is 14.2 Å². The van der Waals surface area contributed by atoms with Gasteiger partial charge in [0.2, 0.25) is 0 Å². The van der Waals surface area contributed by atoms with Crippen molar-refractivity contribution in [3.8, 4) is 11.8 Å². The number of aliphatic hydroxyl groups is 1. The van der Waals surface area contributed by atoms with Crippen molar-refractivity contribution in [3.05, 3.63) is 46.8 Å². The largest absolute Gasteiger partial charge is 0.490 e. The predicted octanol–water partition coefficient (Wildman–Crippen LogP) is 3.11. The number of aliphatic hydroxyl groups excluding tert-OH is 1. The fraction of sp³-hybridized carbons (Fsp3) is 0.250. The van der Waals surface area contributed by atoms with Gasteiger partial charge in [-0.05, 0) is 32.1 Å². The number of carboxylic acid groups (broad SMARTS) is 1. The lowest BCUT2D eigenvalue weighted by Crippen LogP contribution is -2.21. The molecule has 1 aliphatic rings. The number of amides is 1. The maximum Gasteiger partial charge on any atom is 0.490 e. The number of hydrogen-bond acceptors (Lipinski definition) is 4. The van der Waals surface area contributed by atoms with Gasteiger partial charge >= 0.3 is 12.1 Å². The lowest BCUT2D eigenvalue weighted by molar-refractivity contribution is -0.192. The maximum atomic E-state index is 14.3. The minimum atomic E-state index is -5.08. The van der Waals surface area contributed by atoms with Crippen molar-refractivity contribution in [2.75, 3.05) is 5.32 Å². The molecule has 1 aliphatic heterocycles. The third kappa shape index (κ3) is 5.93. The monoisotopic (exact) mass is 439 g/mol. The smallest absolute Gasteiger partial charge is 0.475 e.